The van der Waals surface area contributed by atoms with Crippen LogP contribution >= 0.6 is 11.8 Å². The van der Waals surface area contributed by atoms with E-state index in [-0.39, 0.29) is 11.4 Å². The molecule has 1 heterocycles. The Hall–Kier alpha value is -1.90. The summed E-state index contributed by atoms with van der Waals surface area (Å²) in [4.78, 5) is 3.67. The lowest BCUT2D eigenvalue weighted by Gasteiger charge is -2.14. The highest BCUT2D eigenvalue weighted by Crippen LogP contribution is 2.36. The fourth-order valence-electron chi connectivity index (χ4n) is 1.92. The Balaban J connectivity index is 2.12. The molecular formula is C15H12F6N2S. The van der Waals surface area contributed by atoms with Gasteiger partial charge in [-0.05, 0) is 29.8 Å². The third-order valence-corrected chi connectivity index (χ3v) is 4.12. The van der Waals surface area contributed by atoms with Crippen molar-refractivity contribution < 1.29 is 26.3 Å². The predicted molar refractivity (Wildman–Crippen MR) is 79.8 cm³/mol. The van der Waals surface area contributed by atoms with Crippen LogP contribution in [-0.4, -0.2) is 12.0 Å². The number of benzene rings is 1. The number of rotatable bonds is 4. The van der Waals surface area contributed by atoms with Crippen molar-refractivity contribution in [3.63, 3.8) is 0 Å². The normalized spacial score (nSPS) is 12.3. The molecule has 0 aliphatic carbocycles. The predicted octanol–water partition coefficient (Wildman–Crippen LogP) is 5.45. The second-order valence-corrected chi connectivity index (χ2v) is 5.79. The van der Waals surface area contributed by atoms with Gasteiger partial charge in [0.15, 0.2) is 0 Å². The van der Waals surface area contributed by atoms with Crippen molar-refractivity contribution in [2.24, 2.45) is 0 Å². The van der Waals surface area contributed by atoms with Gasteiger partial charge in [-0.25, -0.2) is 4.98 Å². The van der Waals surface area contributed by atoms with Crippen LogP contribution in [0.25, 0.3) is 0 Å². The van der Waals surface area contributed by atoms with Gasteiger partial charge in [-0.3, -0.25) is 0 Å². The van der Waals surface area contributed by atoms with Gasteiger partial charge in [-0.2, -0.15) is 26.3 Å². The summed E-state index contributed by atoms with van der Waals surface area (Å²) < 4.78 is 76.2. The SMILES string of the molecule is CNc1ccc(CSc2ccc(C(F)(F)F)cn2)cc1C(F)(F)F. The molecule has 24 heavy (non-hydrogen) atoms. The average molecular weight is 366 g/mol. The zero-order chi connectivity index (χ0) is 18.0. The molecule has 0 spiro atoms. The maximum atomic E-state index is 13.0. The maximum Gasteiger partial charge on any atom is 0.418 e. The topological polar surface area (TPSA) is 24.9 Å². The van der Waals surface area contributed by atoms with Crippen LogP contribution in [0.2, 0.25) is 0 Å². The molecule has 0 bridgehead atoms. The van der Waals surface area contributed by atoms with Gasteiger partial charge in [0.2, 0.25) is 0 Å². The first-order valence-electron chi connectivity index (χ1n) is 6.65. The molecule has 1 aromatic carbocycles. The van der Waals surface area contributed by atoms with E-state index in [0.29, 0.717) is 16.8 Å². The maximum absolute atomic E-state index is 13.0. The summed E-state index contributed by atoms with van der Waals surface area (Å²) in [5.41, 5.74) is -1.30. The Labute approximate surface area is 138 Å². The van der Waals surface area contributed by atoms with Crippen molar-refractivity contribution in [2.75, 3.05) is 12.4 Å². The first-order chi connectivity index (χ1) is 11.1. The van der Waals surface area contributed by atoms with Crippen LogP contribution in [0.15, 0.2) is 41.6 Å². The standard InChI is InChI=1S/C15H12F6N2S/c1-22-12-4-2-9(6-11(12)15(19,20)21)8-24-13-5-3-10(7-23-13)14(16,17)18/h2-7,22H,8H2,1H3. The number of thioether (sulfide) groups is 1. The van der Waals surface area contributed by atoms with E-state index in [0.717, 1.165) is 23.9 Å². The van der Waals surface area contributed by atoms with Crippen LogP contribution in [0.1, 0.15) is 16.7 Å². The summed E-state index contributed by atoms with van der Waals surface area (Å²) in [6.07, 6.45) is -8.26. The molecule has 0 atom stereocenters. The number of nitrogens with zero attached hydrogens (tertiary/aromatic N) is 1. The zero-order valence-electron chi connectivity index (χ0n) is 12.3. The minimum Gasteiger partial charge on any atom is -0.388 e. The van der Waals surface area contributed by atoms with Crippen LogP contribution in [0.3, 0.4) is 0 Å². The fraction of sp³-hybridized carbons (Fsp3) is 0.267. The Morgan fingerprint density at radius 2 is 1.71 bits per heavy atom. The third kappa shape index (κ3) is 4.56. The largest absolute Gasteiger partial charge is 0.418 e. The smallest absolute Gasteiger partial charge is 0.388 e. The Bertz CT molecular complexity index is 695. The molecule has 2 nitrogen and oxygen atoms in total. The first-order valence-corrected chi connectivity index (χ1v) is 7.64. The molecule has 0 aliphatic rings. The number of hydrogen-bond donors (Lipinski definition) is 1. The summed E-state index contributed by atoms with van der Waals surface area (Å²) in [5, 5.41) is 2.78. The van der Waals surface area contributed by atoms with Gasteiger partial charge in [-0.15, -0.1) is 11.8 Å². The number of pyridine rings is 1. The number of hydrogen-bond acceptors (Lipinski definition) is 3. The molecule has 0 fully saturated rings. The van der Waals surface area contributed by atoms with Crippen molar-refractivity contribution in [1.82, 2.24) is 4.98 Å². The zero-order valence-corrected chi connectivity index (χ0v) is 13.1. The van der Waals surface area contributed by atoms with Gasteiger partial charge in [0, 0.05) is 24.7 Å². The van der Waals surface area contributed by atoms with Crippen molar-refractivity contribution in [3.05, 3.63) is 53.2 Å². The molecule has 2 aromatic rings. The third-order valence-electron chi connectivity index (χ3n) is 3.11. The van der Waals surface area contributed by atoms with Crippen LogP contribution in [-0.2, 0) is 18.1 Å². The summed E-state index contributed by atoms with van der Waals surface area (Å²) in [5.74, 6) is 0.158. The molecule has 9 heteroatoms. The van der Waals surface area contributed by atoms with Gasteiger partial charge in [0.25, 0.3) is 0 Å². The highest BCUT2D eigenvalue weighted by molar-refractivity contribution is 7.98. The summed E-state index contributed by atoms with van der Waals surface area (Å²) in [6, 6.07) is 5.95. The van der Waals surface area contributed by atoms with E-state index in [9.17, 15) is 26.3 Å². The van der Waals surface area contributed by atoms with E-state index in [2.05, 4.69) is 10.3 Å². The van der Waals surface area contributed by atoms with Crippen molar-refractivity contribution in [1.29, 1.82) is 0 Å². The Kier molecular flexibility index (Phi) is 5.32. The Morgan fingerprint density at radius 1 is 1.00 bits per heavy atom. The first kappa shape index (κ1) is 18.4. The summed E-state index contributed by atoms with van der Waals surface area (Å²) in [7, 11) is 1.39. The van der Waals surface area contributed by atoms with Gasteiger partial charge < -0.3 is 5.32 Å². The monoisotopic (exact) mass is 366 g/mol. The lowest BCUT2D eigenvalue weighted by molar-refractivity contribution is -0.138. The molecule has 0 radical (unpaired) electrons. The second-order valence-electron chi connectivity index (χ2n) is 4.80. The quantitative estimate of drug-likeness (QED) is 0.575. The summed E-state index contributed by atoms with van der Waals surface area (Å²) in [6.45, 7) is 0. The van der Waals surface area contributed by atoms with E-state index in [1.54, 1.807) is 0 Å². The highest BCUT2D eigenvalue weighted by Gasteiger charge is 2.33. The number of halogens is 6. The van der Waals surface area contributed by atoms with Crippen LogP contribution in [0.5, 0.6) is 0 Å². The molecule has 0 saturated carbocycles. The number of alkyl halides is 6. The lowest BCUT2D eigenvalue weighted by atomic mass is 10.1. The van der Waals surface area contributed by atoms with E-state index in [4.69, 9.17) is 0 Å². The second kappa shape index (κ2) is 6.92. The lowest BCUT2D eigenvalue weighted by Crippen LogP contribution is -2.09. The minimum absolute atomic E-state index is 0.0381. The van der Waals surface area contributed by atoms with E-state index >= 15 is 0 Å². The molecule has 0 unspecified atom stereocenters. The molecule has 130 valence electrons. The van der Waals surface area contributed by atoms with Crippen LogP contribution in [0, 0.1) is 0 Å². The van der Waals surface area contributed by atoms with Gasteiger partial charge in [0.05, 0.1) is 16.2 Å². The highest BCUT2D eigenvalue weighted by atomic mass is 32.2. The molecular weight excluding hydrogens is 354 g/mol. The van der Waals surface area contributed by atoms with Crippen molar-refractivity contribution in [2.45, 2.75) is 23.1 Å². The van der Waals surface area contributed by atoms with Gasteiger partial charge >= 0.3 is 12.4 Å². The summed E-state index contributed by atoms with van der Waals surface area (Å²) >= 11 is 1.06. The number of nitrogens with one attached hydrogen (secondary N) is 1. The molecule has 2 rings (SSSR count). The van der Waals surface area contributed by atoms with E-state index < -0.39 is 23.5 Å². The minimum atomic E-state index is -4.49. The molecule has 0 amide bonds. The molecule has 1 N–H and O–H groups in total. The van der Waals surface area contributed by atoms with E-state index in [1.807, 2.05) is 0 Å². The van der Waals surface area contributed by atoms with E-state index in [1.165, 1.54) is 25.2 Å². The van der Waals surface area contributed by atoms with Gasteiger partial charge in [0.1, 0.15) is 0 Å². The number of anilines is 1. The van der Waals surface area contributed by atoms with Crippen LogP contribution < -0.4 is 5.32 Å². The number of aromatic nitrogens is 1. The molecule has 1 aromatic heterocycles. The van der Waals surface area contributed by atoms with Gasteiger partial charge in [-0.1, -0.05) is 6.07 Å². The molecule has 0 aliphatic heterocycles. The van der Waals surface area contributed by atoms with Crippen LogP contribution in [0.4, 0.5) is 32.0 Å². The van der Waals surface area contributed by atoms with Crippen molar-refractivity contribution in [3.8, 4) is 0 Å². The Morgan fingerprint density at radius 3 is 2.21 bits per heavy atom. The fourth-order valence-corrected chi connectivity index (χ4v) is 2.71. The average Bonchev–Trinajstić information content (AvgIpc) is 2.51. The van der Waals surface area contributed by atoms with Crippen molar-refractivity contribution >= 4 is 17.4 Å². The molecule has 0 saturated heterocycles.